The topological polar surface area (TPSA) is 51.8 Å². The molecule has 0 aliphatic carbocycles. The fraction of sp³-hybridized carbons (Fsp3) is 0.333. The lowest BCUT2D eigenvalue weighted by atomic mass is 9.95. The molecule has 1 aromatic heterocycles. The van der Waals surface area contributed by atoms with E-state index in [1.165, 1.54) is 0 Å². The summed E-state index contributed by atoms with van der Waals surface area (Å²) in [7, 11) is 0. The Morgan fingerprint density at radius 1 is 1.16 bits per heavy atom. The Bertz CT molecular complexity index is 615. The molecule has 2 rings (SSSR count). The summed E-state index contributed by atoms with van der Waals surface area (Å²) in [6, 6.07) is 8.06. The van der Waals surface area contributed by atoms with Gasteiger partial charge < -0.3 is 5.73 Å². The quantitative estimate of drug-likeness (QED) is 0.861. The van der Waals surface area contributed by atoms with Crippen molar-refractivity contribution in [3.05, 3.63) is 40.1 Å². The van der Waals surface area contributed by atoms with Crippen LogP contribution in [-0.4, -0.2) is 9.97 Å². The van der Waals surface area contributed by atoms with Gasteiger partial charge in [-0.25, -0.2) is 9.97 Å². The van der Waals surface area contributed by atoms with Crippen LogP contribution in [0.1, 0.15) is 32.2 Å². The van der Waals surface area contributed by atoms with Crippen LogP contribution in [0.2, 0.25) is 0 Å². The first-order valence-electron chi connectivity index (χ1n) is 6.19. The maximum Gasteiger partial charge on any atom is 0.136 e. The van der Waals surface area contributed by atoms with E-state index in [9.17, 15) is 0 Å². The van der Waals surface area contributed by atoms with Gasteiger partial charge in [-0.05, 0) is 19.1 Å². The van der Waals surface area contributed by atoms with Gasteiger partial charge in [-0.3, -0.25) is 0 Å². The third kappa shape index (κ3) is 2.95. The van der Waals surface area contributed by atoms with E-state index >= 15 is 0 Å². The average molecular weight is 320 g/mol. The predicted molar refractivity (Wildman–Crippen MR) is 83.0 cm³/mol. The normalized spacial score (nSPS) is 11.6. The van der Waals surface area contributed by atoms with Crippen LogP contribution in [0.15, 0.2) is 28.7 Å². The third-order valence-electron chi connectivity index (χ3n) is 2.95. The highest BCUT2D eigenvalue weighted by atomic mass is 79.9. The molecule has 0 radical (unpaired) electrons. The van der Waals surface area contributed by atoms with Crippen LogP contribution < -0.4 is 5.73 Å². The Kier molecular flexibility index (Phi) is 3.63. The van der Waals surface area contributed by atoms with E-state index in [2.05, 4.69) is 41.7 Å². The van der Waals surface area contributed by atoms with Gasteiger partial charge in [0.15, 0.2) is 0 Å². The first kappa shape index (κ1) is 14.0. The van der Waals surface area contributed by atoms with E-state index in [1.54, 1.807) is 0 Å². The highest BCUT2D eigenvalue weighted by Gasteiger charge is 2.20. The molecule has 0 amide bonds. The third-order valence-corrected chi connectivity index (χ3v) is 3.45. The minimum absolute atomic E-state index is 0.122. The fourth-order valence-corrected chi connectivity index (χ4v) is 2.19. The zero-order valence-corrected chi connectivity index (χ0v) is 13.2. The maximum atomic E-state index is 6.03. The van der Waals surface area contributed by atoms with E-state index in [-0.39, 0.29) is 5.41 Å². The van der Waals surface area contributed by atoms with E-state index in [4.69, 9.17) is 10.7 Å². The molecule has 0 bridgehead atoms. The number of rotatable bonds is 1. The molecule has 0 aliphatic heterocycles. The van der Waals surface area contributed by atoms with Crippen molar-refractivity contribution >= 4 is 21.7 Å². The molecule has 19 heavy (non-hydrogen) atoms. The molecule has 1 aromatic carbocycles. The lowest BCUT2D eigenvalue weighted by Gasteiger charge is -2.19. The van der Waals surface area contributed by atoms with Crippen molar-refractivity contribution in [2.24, 2.45) is 0 Å². The van der Waals surface area contributed by atoms with Crippen molar-refractivity contribution in [2.45, 2.75) is 33.1 Å². The van der Waals surface area contributed by atoms with Gasteiger partial charge in [0.1, 0.15) is 11.6 Å². The Balaban J connectivity index is 2.66. The molecule has 0 aliphatic rings. The number of halogens is 1. The van der Waals surface area contributed by atoms with Gasteiger partial charge in [-0.1, -0.05) is 48.8 Å². The largest absolute Gasteiger partial charge is 0.383 e. The molecule has 3 nitrogen and oxygen atoms in total. The highest BCUT2D eigenvalue weighted by Crippen LogP contribution is 2.29. The molecule has 100 valence electrons. The van der Waals surface area contributed by atoms with Crippen molar-refractivity contribution in [1.82, 2.24) is 9.97 Å². The lowest BCUT2D eigenvalue weighted by molar-refractivity contribution is 0.546. The van der Waals surface area contributed by atoms with E-state index in [0.717, 1.165) is 27.1 Å². The average Bonchev–Trinajstić information content (AvgIpc) is 2.31. The first-order chi connectivity index (χ1) is 8.79. The molecule has 0 atom stereocenters. The summed E-state index contributed by atoms with van der Waals surface area (Å²) < 4.78 is 1.03. The monoisotopic (exact) mass is 319 g/mol. The van der Waals surface area contributed by atoms with Crippen LogP contribution in [0, 0.1) is 6.92 Å². The molecule has 2 N–H and O–H groups in total. The maximum absolute atomic E-state index is 6.03. The number of benzene rings is 1. The zero-order chi connectivity index (χ0) is 14.2. The molecule has 2 aromatic rings. The van der Waals surface area contributed by atoms with Crippen LogP contribution >= 0.6 is 15.9 Å². The smallest absolute Gasteiger partial charge is 0.136 e. The van der Waals surface area contributed by atoms with Crippen molar-refractivity contribution in [3.63, 3.8) is 0 Å². The SMILES string of the molecule is Cc1c(N)nc(C(C)(C)C)nc1-c1cccc(Br)c1. The van der Waals surface area contributed by atoms with Gasteiger partial charge in [0.05, 0.1) is 5.69 Å². The van der Waals surface area contributed by atoms with Gasteiger partial charge in [0.25, 0.3) is 0 Å². The summed E-state index contributed by atoms with van der Waals surface area (Å²) in [5.41, 5.74) is 8.78. The number of nitrogens with two attached hydrogens (primary N) is 1. The van der Waals surface area contributed by atoms with E-state index in [0.29, 0.717) is 5.82 Å². The molecule has 0 unspecified atom stereocenters. The molecule has 0 saturated carbocycles. The number of nitrogens with zero attached hydrogens (tertiary/aromatic N) is 2. The summed E-state index contributed by atoms with van der Waals surface area (Å²) in [5, 5.41) is 0. The minimum atomic E-state index is -0.122. The molecule has 1 heterocycles. The molecule has 0 fully saturated rings. The Hall–Kier alpha value is -1.42. The summed E-state index contributed by atoms with van der Waals surface area (Å²) in [6.07, 6.45) is 0. The molecular weight excluding hydrogens is 302 g/mol. The number of anilines is 1. The summed E-state index contributed by atoms with van der Waals surface area (Å²) in [6.45, 7) is 8.21. The van der Waals surface area contributed by atoms with E-state index < -0.39 is 0 Å². The van der Waals surface area contributed by atoms with Gasteiger partial charge in [0, 0.05) is 21.0 Å². The number of nitrogen functional groups attached to an aromatic ring is 1. The Morgan fingerprint density at radius 2 is 1.84 bits per heavy atom. The lowest BCUT2D eigenvalue weighted by Crippen LogP contribution is -2.18. The summed E-state index contributed by atoms with van der Waals surface area (Å²) in [5.74, 6) is 1.32. The minimum Gasteiger partial charge on any atom is -0.383 e. The van der Waals surface area contributed by atoms with Crippen molar-refractivity contribution < 1.29 is 0 Å². The summed E-state index contributed by atoms with van der Waals surface area (Å²) >= 11 is 3.49. The zero-order valence-electron chi connectivity index (χ0n) is 11.7. The predicted octanol–water partition coefficient (Wildman–Crippen LogP) is 4.09. The van der Waals surface area contributed by atoms with Gasteiger partial charge in [-0.2, -0.15) is 0 Å². The van der Waals surface area contributed by atoms with Crippen LogP contribution in [-0.2, 0) is 5.41 Å². The van der Waals surface area contributed by atoms with Gasteiger partial charge in [-0.15, -0.1) is 0 Å². The standard InChI is InChI=1S/C15H18BrN3/c1-9-12(10-6-5-7-11(16)8-10)18-14(15(2,3)4)19-13(9)17/h5-8H,1-4H3,(H2,17,18,19). The van der Waals surface area contributed by atoms with Gasteiger partial charge in [0.2, 0.25) is 0 Å². The second kappa shape index (κ2) is 4.93. The fourth-order valence-electron chi connectivity index (χ4n) is 1.79. The number of hydrogen-bond acceptors (Lipinski definition) is 3. The molecule has 0 spiro atoms. The highest BCUT2D eigenvalue weighted by molar-refractivity contribution is 9.10. The van der Waals surface area contributed by atoms with Crippen molar-refractivity contribution in [3.8, 4) is 11.3 Å². The van der Waals surface area contributed by atoms with Crippen molar-refractivity contribution in [1.29, 1.82) is 0 Å². The molecule has 0 saturated heterocycles. The summed E-state index contributed by atoms with van der Waals surface area (Å²) in [4.78, 5) is 9.11. The first-order valence-corrected chi connectivity index (χ1v) is 6.99. The van der Waals surface area contributed by atoms with Crippen LogP contribution in [0.5, 0.6) is 0 Å². The Morgan fingerprint density at radius 3 is 2.42 bits per heavy atom. The second-order valence-corrected chi connectivity index (χ2v) is 6.58. The number of hydrogen-bond donors (Lipinski definition) is 1. The van der Waals surface area contributed by atoms with Crippen LogP contribution in [0.25, 0.3) is 11.3 Å². The Labute approximate surface area is 122 Å². The number of aromatic nitrogens is 2. The van der Waals surface area contributed by atoms with Crippen LogP contribution in [0.4, 0.5) is 5.82 Å². The molecule has 4 heteroatoms. The van der Waals surface area contributed by atoms with E-state index in [1.807, 2.05) is 31.2 Å². The van der Waals surface area contributed by atoms with Crippen LogP contribution in [0.3, 0.4) is 0 Å². The van der Waals surface area contributed by atoms with Crippen molar-refractivity contribution in [2.75, 3.05) is 5.73 Å². The van der Waals surface area contributed by atoms with Gasteiger partial charge >= 0.3 is 0 Å². The second-order valence-electron chi connectivity index (χ2n) is 5.67. The molecular formula is C15H18BrN3.